The smallest absolute Gasteiger partial charge is 0.222 e. The third-order valence-electron chi connectivity index (χ3n) is 2.91. The first-order chi connectivity index (χ1) is 8.08. The van der Waals surface area contributed by atoms with Crippen LogP contribution in [0.3, 0.4) is 0 Å². The second kappa shape index (κ2) is 5.23. The van der Waals surface area contributed by atoms with Gasteiger partial charge in [0.1, 0.15) is 5.82 Å². The molecule has 1 fully saturated rings. The zero-order valence-corrected chi connectivity index (χ0v) is 11.5. The Bertz CT molecular complexity index is 441. The maximum absolute atomic E-state index is 11.2. The molecule has 1 aromatic heterocycles. The van der Waals surface area contributed by atoms with E-state index in [1.165, 1.54) is 0 Å². The SMILES string of the molecule is NC(=O)C1CCCN(c2ncc(Br)cc2Cl)C1. The van der Waals surface area contributed by atoms with Crippen LogP contribution >= 0.6 is 27.5 Å². The van der Waals surface area contributed by atoms with Crippen LogP contribution in [0.15, 0.2) is 16.7 Å². The standard InChI is InChI=1S/C11H13BrClN3O/c12-8-4-9(13)11(15-5-8)16-3-1-2-7(6-16)10(14)17/h4-5,7H,1-3,6H2,(H2,14,17). The Morgan fingerprint density at radius 1 is 1.65 bits per heavy atom. The van der Waals surface area contributed by atoms with Crippen LogP contribution in [0.25, 0.3) is 0 Å². The van der Waals surface area contributed by atoms with Crippen LogP contribution in [0.5, 0.6) is 0 Å². The van der Waals surface area contributed by atoms with Gasteiger partial charge >= 0.3 is 0 Å². The number of aromatic nitrogens is 1. The average molecular weight is 319 g/mol. The zero-order valence-electron chi connectivity index (χ0n) is 9.20. The first-order valence-corrected chi connectivity index (χ1v) is 6.60. The number of carbonyl (C=O) groups excluding carboxylic acids is 1. The van der Waals surface area contributed by atoms with E-state index in [4.69, 9.17) is 17.3 Å². The molecule has 4 nitrogen and oxygen atoms in total. The average Bonchev–Trinajstić information content (AvgIpc) is 2.29. The summed E-state index contributed by atoms with van der Waals surface area (Å²) >= 11 is 9.46. The highest BCUT2D eigenvalue weighted by Gasteiger charge is 2.25. The van der Waals surface area contributed by atoms with Gasteiger partial charge in [-0.3, -0.25) is 4.79 Å². The van der Waals surface area contributed by atoms with Gasteiger partial charge in [0.2, 0.25) is 5.91 Å². The van der Waals surface area contributed by atoms with Gasteiger partial charge in [-0.25, -0.2) is 4.98 Å². The molecule has 0 spiro atoms. The molecule has 92 valence electrons. The van der Waals surface area contributed by atoms with E-state index in [-0.39, 0.29) is 11.8 Å². The maximum Gasteiger partial charge on any atom is 0.222 e. The molecule has 2 N–H and O–H groups in total. The van der Waals surface area contributed by atoms with Gasteiger partial charge in [-0.2, -0.15) is 0 Å². The molecule has 0 aromatic carbocycles. The van der Waals surface area contributed by atoms with Gasteiger partial charge in [0.25, 0.3) is 0 Å². The van der Waals surface area contributed by atoms with Crippen LogP contribution in [0, 0.1) is 5.92 Å². The second-order valence-corrected chi connectivity index (χ2v) is 5.47. The van der Waals surface area contributed by atoms with Crippen molar-refractivity contribution >= 4 is 39.3 Å². The Balaban J connectivity index is 2.19. The third kappa shape index (κ3) is 2.90. The topological polar surface area (TPSA) is 59.2 Å². The Hall–Kier alpha value is -0.810. The van der Waals surface area contributed by atoms with Crippen molar-refractivity contribution in [3.8, 4) is 0 Å². The number of halogens is 2. The fourth-order valence-corrected chi connectivity index (χ4v) is 2.79. The number of hydrogen-bond donors (Lipinski definition) is 1. The summed E-state index contributed by atoms with van der Waals surface area (Å²) in [6.07, 6.45) is 3.48. The number of hydrogen-bond acceptors (Lipinski definition) is 3. The molecule has 1 atom stereocenters. The van der Waals surface area contributed by atoms with Gasteiger partial charge in [0, 0.05) is 23.8 Å². The van der Waals surface area contributed by atoms with Crippen molar-refractivity contribution in [3.63, 3.8) is 0 Å². The quantitative estimate of drug-likeness (QED) is 0.909. The predicted octanol–water partition coefficient (Wildman–Crippen LogP) is 2.20. The van der Waals surface area contributed by atoms with Crippen molar-refractivity contribution in [2.24, 2.45) is 11.7 Å². The molecule has 17 heavy (non-hydrogen) atoms. The molecule has 0 bridgehead atoms. The predicted molar refractivity (Wildman–Crippen MR) is 71.1 cm³/mol. The van der Waals surface area contributed by atoms with E-state index in [9.17, 15) is 4.79 Å². The lowest BCUT2D eigenvalue weighted by molar-refractivity contribution is -0.122. The van der Waals surface area contributed by atoms with Crippen LogP contribution in [0.2, 0.25) is 5.02 Å². The fraction of sp³-hybridized carbons (Fsp3) is 0.455. The normalized spacial score (nSPS) is 20.4. The molecule has 2 rings (SSSR count). The van der Waals surface area contributed by atoms with Crippen molar-refractivity contribution < 1.29 is 4.79 Å². The number of nitrogens with zero attached hydrogens (tertiary/aromatic N) is 2. The Kier molecular flexibility index (Phi) is 3.89. The van der Waals surface area contributed by atoms with Gasteiger partial charge < -0.3 is 10.6 Å². The number of pyridine rings is 1. The van der Waals surface area contributed by atoms with Gasteiger partial charge in [0.15, 0.2) is 0 Å². The van der Waals surface area contributed by atoms with E-state index in [0.29, 0.717) is 11.6 Å². The number of primary amides is 1. The van der Waals surface area contributed by atoms with Gasteiger partial charge in [0.05, 0.1) is 10.9 Å². The highest BCUT2D eigenvalue weighted by atomic mass is 79.9. The van der Waals surface area contributed by atoms with Gasteiger partial charge in [-0.15, -0.1) is 0 Å². The summed E-state index contributed by atoms with van der Waals surface area (Å²) < 4.78 is 0.842. The molecule has 1 aliphatic rings. The molecule has 6 heteroatoms. The van der Waals surface area contributed by atoms with Crippen LogP contribution in [0.1, 0.15) is 12.8 Å². The van der Waals surface area contributed by atoms with Crippen molar-refractivity contribution in [1.29, 1.82) is 0 Å². The van der Waals surface area contributed by atoms with E-state index in [1.807, 2.05) is 4.90 Å². The third-order valence-corrected chi connectivity index (χ3v) is 3.62. The minimum atomic E-state index is -0.247. The number of nitrogens with two attached hydrogens (primary N) is 1. The van der Waals surface area contributed by atoms with Crippen LogP contribution in [0.4, 0.5) is 5.82 Å². The lowest BCUT2D eigenvalue weighted by Crippen LogP contribution is -2.41. The highest BCUT2D eigenvalue weighted by molar-refractivity contribution is 9.10. The minimum Gasteiger partial charge on any atom is -0.369 e. The highest BCUT2D eigenvalue weighted by Crippen LogP contribution is 2.29. The largest absolute Gasteiger partial charge is 0.369 e. The van der Waals surface area contributed by atoms with Crippen LogP contribution in [-0.4, -0.2) is 24.0 Å². The summed E-state index contributed by atoms with van der Waals surface area (Å²) in [7, 11) is 0. The number of piperidine rings is 1. The van der Waals surface area contributed by atoms with E-state index < -0.39 is 0 Å². The molecule has 0 radical (unpaired) electrons. The second-order valence-electron chi connectivity index (χ2n) is 4.15. The molecule has 1 amide bonds. The molecular weight excluding hydrogens is 305 g/mol. The molecule has 2 heterocycles. The molecule has 1 unspecified atom stereocenters. The van der Waals surface area contributed by atoms with Crippen molar-refractivity contribution in [1.82, 2.24) is 4.98 Å². The zero-order chi connectivity index (χ0) is 12.4. The first-order valence-electron chi connectivity index (χ1n) is 5.43. The monoisotopic (exact) mass is 317 g/mol. The molecule has 1 saturated heterocycles. The molecule has 1 aliphatic heterocycles. The summed E-state index contributed by atoms with van der Waals surface area (Å²) in [4.78, 5) is 17.5. The van der Waals surface area contributed by atoms with E-state index >= 15 is 0 Å². The van der Waals surface area contributed by atoms with Crippen molar-refractivity contribution in [2.45, 2.75) is 12.8 Å². The number of carbonyl (C=O) groups is 1. The van der Waals surface area contributed by atoms with Crippen LogP contribution < -0.4 is 10.6 Å². The van der Waals surface area contributed by atoms with Crippen molar-refractivity contribution in [2.75, 3.05) is 18.0 Å². The lowest BCUT2D eigenvalue weighted by atomic mass is 9.97. The van der Waals surface area contributed by atoms with E-state index in [0.717, 1.165) is 29.7 Å². The molecular formula is C11H13BrClN3O. The summed E-state index contributed by atoms with van der Waals surface area (Å²) in [5.74, 6) is 0.369. The number of amides is 1. The summed E-state index contributed by atoms with van der Waals surface area (Å²) in [5, 5.41) is 0.587. The first kappa shape index (κ1) is 12.6. The number of rotatable bonds is 2. The fourth-order valence-electron chi connectivity index (χ4n) is 2.04. The van der Waals surface area contributed by atoms with E-state index in [1.54, 1.807) is 12.3 Å². The molecule has 1 aromatic rings. The van der Waals surface area contributed by atoms with Crippen molar-refractivity contribution in [3.05, 3.63) is 21.8 Å². The molecule has 0 saturated carbocycles. The van der Waals surface area contributed by atoms with Crippen LogP contribution in [-0.2, 0) is 4.79 Å². The lowest BCUT2D eigenvalue weighted by Gasteiger charge is -2.32. The summed E-state index contributed by atoms with van der Waals surface area (Å²) in [6.45, 7) is 1.46. The Labute approximate surface area is 113 Å². The summed E-state index contributed by atoms with van der Waals surface area (Å²) in [5.41, 5.74) is 5.34. The Morgan fingerprint density at radius 3 is 3.06 bits per heavy atom. The Morgan fingerprint density at radius 2 is 2.41 bits per heavy atom. The number of anilines is 1. The summed E-state index contributed by atoms with van der Waals surface area (Å²) in [6, 6.07) is 1.80. The molecule has 0 aliphatic carbocycles. The minimum absolute atomic E-state index is 0.106. The maximum atomic E-state index is 11.2. The van der Waals surface area contributed by atoms with E-state index in [2.05, 4.69) is 20.9 Å². The van der Waals surface area contributed by atoms with Gasteiger partial charge in [-0.1, -0.05) is 11.6 Å². The van der Waals surface area contributed by atoms with Gasteiger partial charge in [-0.05, 0) is 34.8 Å².